The van der Waals surface area contributed by atoms with Crippen LogP contribution in [0.15, 0.2) is 85.3 Å². The van der Waals surface area contributed by atoms with Crippen molar-refractivity contribution in [2.24, 2.45) is 0 Å². The van der Waals surface area contributed by atoms with Crippen LogP contribution in [0.3, 0.4) is 0 Å². The lowest BCUT2D eigenvalue weighted by molar-refractivity contribution is -0.00554. The summed E-state index contributed by atoms with van der Waals surface area (Å²) >= 11 is 0. The fourth-order valence-electron chi connectivity index (χ4n) is 6.26. The second-order valence-corrected chi connectivity index (χ2v) is 16.6. The highest BCUT2D eigenvalue weighted by Crippen LogP contribution is 2.40. The van der Waals surface area contributed by atoms with Gasteiger partial charge in [-0.2, -0.15) is 0 Å². The number of nitrogens with zero attached hydrogens (tertiary/aromatic N) is 3. The van der Waals surface area contributed by atoms with Crippen LogP contribution in [0.25, 0.3) is 0 Å². The number of anilines is 1. The summed E-state index contributed by atoms with van der Waals surface area (Å²) in [6, 6.07) is 21.8. The van der Waals surface area contributed by atoms with E-state index in [9.17, 15) is 5.11 Å². The summed E-state index contributed by atoms with van der Waals surface area (Å²) in [4.78, 5) is 9.96. The fourth-order valence-corrected chi connectivity index (χ4v) is 10.8. The number of hydrogen-bond acceptors (Lipinski definition) is 6. The molecule has 1 aliphatic rings. The quantitative estimate of drug-likeness (QED) is 0.268. The molecule has 0 bridgehead atoms. The number of morpholine rings is 1. The second-order valence-electron chi connectivity index (χ2n) is 12.2. The number of ether oxygens (including phenoxy) is 1. The van der Waals surface area contributed by atoms with Gasteiger partial charge in [0.1, 0.15) is 6.10 Å². The number of hydrogen-bond donors (Lipinski definition) is 1. The van der Waals surface area contributed by atoms with Gasteiger partial charge in [-0.3, -0.25) is 9.97 Å². The number of rotatable bonds is 8. The minimum Gasteiger partial charge on any atom is -0.403 e. The van der Waals surface area contributed by atoms with E-state index in [0.717, 1.165) is 10.4 Å². The van der Waals surface area contributed by atoms with Gasteiger partial charge in [-0.15, -0.1) is 0 Å². The van der Waals surface area contributed by atoms with E-state index in [1.165, 1.54) is 24.7 Å². The van der Waals surface area contributed by atoms with Crippen LogP contribution in [0.4, 0.5) is 14.5 Å². The molecule has 0 amide bonds. The minimum absolute atomic E-state index is 0.000120. The van der Waals surface area contributed by atoms with E-state index in [1.54, 1.807) is 0 Å². The summed E-state index contributed by atoms with van der Waals surface area (Å²) in [7, 11) is -3.02. The van der Waals surface area contributed by atoms with Crippen molar-refractivity contribution < 1.29 is 23.1 Å². The third-order valence-electron chi connectivity index (χ3n) is 8.04. The molecular weight excluding hydrogens is 564 g/mol. The fraction of sp³-hybridized carbons (Fsp3) is 0.353. The number of aliphatic hydroxyl groups is 1. The monoisotopic (exact) mass is 603 g/mol. The average Bonchev–Trinajstić information content (AvgIpc) is 2.99. The Hall–Kier alpha value is -3.50. The zero-order valence-corrected chi connectivity index (χ0v) is 26.3. The molecule has 5 rings (SSSR count). The highest BCUT2D eigenvalue weighted by molar-refractivity contribution is 6.99. The molecule has 9 heteroatoms. The van der Waals surface area contributed by atoms with E-state index in [0.29, 0.717) is 18.7 Å². The van der Waals surface area contributed by atoms with Gasteiger partial charge in [0, 0.05) is 36.6 Å². The topological polar surface area (TPSA) is 67.7 Å². The van der Waals surface area contributed by atoms with Gasteiger partial charge in [-0.05, 0) is 35.3 Å². The second kappa shape index (κ2) is 12.6. The molecule has 3 aromatic carbocycles. The van der Waals surface area contributed by atoms with E-state index >= 15 is 8.78 Å². The van der Waals surface area contributed by atoms with Crippen molar-refractivity contribution in [3.8, 4) is 0 Å². The molecule has 0 radical (unpaired) electrons. The van der Waals surface area contributed by atoms with Crippen molar-refractivity contribution in [1.82, 2.24) is 9.97 Å². The zero-order chi connectivity index (χ0) is 30.8. The lowest BCUT2D eigenvalue weighted by atomic mass is 10.00. The lowest BCUT2D eigenvalue weighted by Gasteiger charge is -2.43. The molecule has 1 aromatic heterocycles. The molecular formula is C34H39F2N3O3Si. The average molecular weight is 604 g/mol. The number of aromatic nitrogens is 2. The van der Waals surface area contributed by atoms with Crippen molar-refractivity contribution in [1.29, 1.82) is 0 Å². The highest BCUT2D eigenvalue weighted by atomic mass is 28.4. The number of halogens is 2. The largest absolute Gasteiger partial charge is 0.403 e. The van der Waals surface area contributed by atoms with E-state index in [1.807, 2.05) is 55.1 Å². The third-order valence-corrected chi connectivity index (χ3v) is 13.0. The van der Waals surface area contributed by atoms with Crippen LogP contribution >= 0.6 is 0 Å². The standard InChI is InChI=1S/C34H39F2N3O3Si/c1-23-20-39(21-24(2)42-23)32-25(18-28(30(35)31(32)36)33(40)29-19-37-16-17-38-29)22-41-43(34(3,4)5,26-12-8-6-9-13-26)27-14-10-7-11-15-27/h6-19,23-24,33,40H,20-22H2,1-5H3. The Morgan fingerprint density at radius 3 is 2.05 bits per heavy atom. The van der Waals surface area contributed by atoms with Crippen LogP contribution in [-0.2, 0) is 15.8 Å². The highest BCUT2D eigenvalue weighted by Gasteiger charge is 2.50. The maximum atomic E-state index is 16.3. The van der Waals surface area contributed by atoms with Gasteiger partial charge in [-0.25, -0.2) is 8.78 Å². The van der Waals surface area contributed by atoms with Crippen LogP contribution in [0.2, 0.25) is 5.04 Å². The molecule has 4 aromatic rings. The zero-order valence-electron chi connectivity index (χ0n) is 25.3. The molecule has 43 heavy (non-hydrogen) atoms. The van der Waals surface area contributed by atoms with Crippen molar-refractivity contribution >= 4 is 24.4 Å². The summed E-state index contributed by atoms with van der Waals surface area (Å²) < 4.78 is 45.2. The summed E-state index contributed by atoms with van der Waals surface area (Å²) in [6.07, 6.45) is 2.35. The smallest absolute Gasteiger partial charge is 0.261 e. The van der Waals surface area contributed by atoms with Crippen LogP contribution in [-0.4, -0.2) is 48.7 Å². The van der Waals surface area contributed by atoms with Crippen molar-refractivity contribution in [3.05, 3.63) is 114 Å². The third kappa shape index (κ3) is 6.13. The predicted molar refractivity (Wildman–Crippen MR) is 167 cm³/mol. The first-order valence-electron chi connectivity index (χ1n) is 14.6. The Bertz CT molecular complexity index is 1470. The number of aliphatic hydroxyl groups excluding tert-OH is 1. The van der Waals surface area contributed by atoms with Crippen LogP contribution < -0.4 is 15.3 Å². The van der Waals surface area contributed by atoms with Crippen LogP contribution in [0, 0.1) is 11.6 Å². The van der Waals surface area contributed by atoms with Crippen molar-refractivity contribution in [2.75, 3.05) is 18.0 Å². The maximum Gasteiger partial charge on any atom is 0.261 e. The Labute approximate surface area is 253 Å². The van der Waals surface area contributed by atoms with Gasteiger partial charge in [0.15, 0.2) is 11.6 Å². The van der Waals surface area contributed by atoms with Gasteiger partial charge >= 0.3 is 0 Å². The molecule has 1 fully saturated rings. The van der Waals surface area contributed by atoms with E-state index in [4.69, 9.17) is 9.16 Å². The minimum atomic E-state index is -3.02. The Morgan fingerprint density at radius 1 is 0.953 bits per heavy atom. The van der Waals surface area contributed by atoms with Gasteiger partial charge in [0.05, 0.1) is 36.4 Å². The summed E-state index contributed by atoms with van der Waals surface area (Å²) in [5.74, 6) is -2.14. The first-order valence-corrected chi connectivity index (χ1v) is 16.5. The van der Waals surface area contributed by atoms with Crippen LogP contribution in [0.5, 0.6) is 0 Å². The van der Waals surface area contributed by atoms with E-state index < -0.39 is 26.1 Å². The van der Waals surface area contributed by atoms with Gasteiger partial charge in [0.2, 0.25) is 0 Å². The van der Waals surface area contributed by atoms with Crippen molar-refractivity contribution in [3.63, 3.8) is 0 Å². The normalized spacial score (nSPS) is 18.5. The first kappa shape index (κ1) is 30.9. The molecule has 2 heterocycles. The molecule has 0 spiro atoms. The summed E-state index contributed by atoms with van der Waals surface area (Å²) in [5, 5.41) is 13.0. The molecule has 226 valence electrons. The Kier molecular flexibility index (Phi) is 9.08. The molecule has 3 atom stereocenters. The first-order chi connectivity index (χ1) is 20.5. The van der Waals surface area contributed by atoms with Crippen molar-refractivity contribution in [2.45, 2.75) is 64.6 Å². The Morgan fingerprint density at radius 2 is 1.53 bits per heavy atom. The molecule has 1 aliphatic heterocycles. The van der Waals surface area contributed by atoms with E-state index in [2.05, 4.69) is 55.0 Å². The molecule has 0 saturated carbocycles. The predicted octanol–water partition coefficient (Wildman–Crippen LogP) is 5.53. The Balaban J connectivity index is 1.67. The SMILES string of the molecule is CC1CN(c2c(CO[Si](c3ccccc3)(c3ccccc3)C(C)(C)C)cc(C(O)c3cnccn3)c(F)c2F)CC(C)O1. The summed E-state index contributed by atoms with van der Waals surface area (Å²) in [5.41, 5.74) is 0.497. The molecule has 6 nitrogen and oxygen atoms in total. The van der Waals surface area contributed by atoms with Gasteiger partial charge in [-0.1, -0.05) is 81.4 Å². The molecule has 1 N–H and O–H groups in total. The van der Waals surface area contributed by atoms with Crippen LogP contribution in [0.1, 0.15) is 57.5 Å². The number of benzene rings is 3. The molecule has 0 aliphatic carbocycles. The molecule has 3 unspecified atom stereocenters. The maximum absolute atomic E-state index is 16.3. The molecule has 1 saturated heterocycles. The van der Waals surface area contributed by atoms with E-state index in [-0.39, 0.29) is 40.8 Å². The van der Waals surface area contributed by atoms with Gasteiger partial charge in [0.25, 0.3) is 8.32 Å². The lowest BCUT2D eigenvalue weighted by Crippen LogP contribution is -2.66. The summed E-state index contributed by atoms with van der Waals surface area (Å²) in [6.45, 7) is 11.1. The van der Waals surface area contributed by atoms with Gasteiger partial charge < -0.3 is 19.2 Å².